The molecular weight excluding hydrogens is 550 g/mol. The molecule has 0 atom stereocenters. The molecule has 8 heteroatoms. The largest absolute Gasteiger partial charge is 0.465 e. The Kier molecular flexibility index (Phi) is 6.01. The maximum atomic E-state index is 13.1. The predicted octanol–water partition coefficient (Wildman–Crippen LogP) is 8.42. The molecule has 7 aromatic rings. The second kappa shape index (κ2) is 9.98. The number of esters is 1. The molecule has 0 amide bonds. The molecule has 0 radical (unpaired) electrons. The topological polar surface area (TPSA) is 76.1 Å². The molecule has 0 bridgehead atoms. The van der Waals surface area contributed by atoms with Gasteiger partial charge >= 0.3 is 5.97 Å². The van der Waals surface area contributed by atoms with Gasteiger partial charge in [0.05, 0.1) is 34.6 Å². The Balaban J connectivity index is 1.63. The summed E-state index contributed by atoms with van der Waals surface area (Å²) in [5.74, 6) is 2.01. The van der Waals surface area contributed by atoms with Crippen LogP contribution in [-0.4, -0.2) is 37.0 Å². The third-order valence-corrected chi connectivity index (χ3v) is 9.20. The third-order valence-electron chi connectivity index (χ3n) is 9.20. The maximum absolute atomic E-state index is 13.1. The number of pyridine rings is 1. The molecule has 220 valence electrons. The van der Waals surface area contributed by atoms with E-state index in [1.807, 2.05) is 68.6 Å². The molecule has 0 N–H and O–H groups in total. The second-order valence-electron chi connectivity index (χ2n) is 11.8. The van der Waals surface area contributed by atoms with Crippen LogP contribution in [0.1, 0.15) is 59.0 Å². The lowest BCUT2D eigenvalue weighted by molar-refractivity contribution is 0.0600. The molecule has 4 heterocycles. The molecule has 0 unspecified atom stereocenters. The summed E-state index contributed by atoms with van der Waals surface area (Å²) < 4.78 is 18.8. The summed E-state index contributed by atoms with van der Waals surface area (Å²) in [6.07, 6.45) is 6.32. The summed E-state index contributed by atoms with van der Waals surface area (Å²) in [5, 5.41) is 2.95. The minimum Gasteiger partial charge on any atom is -0.465 e. The van der Waals surface area contributed by atoms with Crippen LogP contribution in [0.15, 0.2) is 72.9 Å². The lowest BCUT2D eigenvalue weighted by Crippen LogP contribution is -2.16. The fourth-order valence-electron chi connectivity index (χ4n) is 7.33. The van der Waals surface area contributed by atoms with Crippen molar-refractivity contribution in [3.63, 3.8) is 0 Å². The Hall–Kier alpha value is -5.11. The number of aryl methyl sites for hydroxylation is 3. The van der Waals surface area contributed by atoms with Gasteiger partial charge in [0, 0.05) is 23.0 Å². The van der Waals surface area contributed by atoms with Crippen molar-refractivity contribution >= 4 is 50.0 Å². The fourth-order valence-corrected chi connectivity index (χ4v) is 7.33. The molecule has 1 aliphatic rings. The Morgan fingerprint density at radius 2 is 1.64 bits per heavy atom. The Morgan fingerprint density at radius 1 is 0.886 bits per heavy atom. The first-order valence-electron chi connectivity index (χ1n) is 15.2. The van der Waals surface area contributed by atoms with Crippen molar-refractivity contribution in [3.05, 3.63) is 95.4 Å². The molecule has 0 spiro atoms. The van der Waals surface area contributed by atoms with Gasteiger partial charge in [-0.25, -0.2) is 24.1 Å². The molecule has 44 heavy (non-hydrogen) atoms. The minimum atomic E-state index is -0.351. The van der Waals surface area contributed by atoms with Gasteiger partial charge in [-0.3, -0.25) is 0 Å². The number of methoxy groups -OCH3 is 1. The van der Waals surface area contributed by atoms with E-state index in [0.29, 0.717) is 5.56 Å². The van der Waals surface area contributed by atoms with E-state index in [4.69, 9.17) is 19.4 Å². The van der Waals surface area contributed by atoms with Crippen molar-refractivity contribution in [1.29, 1.82) is 0 Å². The standard InChI is InChI=1S/C36H33N5O3/c1-21-20-26(36(42)43-4)22(2)30-32-31-29(44-25-14-6-5-7-15-25)18-19-37-34(31)39(24-12-8-9-13-24)35(32)41(33(21)30)40-23(3)38-27-16-10-11-17-28(27)40/h5-7,10-11,14-20,24H,8-9,12-13H2,1-4H3. The Bertz CT molecular complexity index is 2250. The monoisotopic (exact) mass is 583 g/mol. The fraction of sp³-hybridized carbons (Fsp3) is 0.250. The van der Waals surface area contributed by atoms with E-state index in [1.165, 1.54) is 20.0 Å². The number of benzene rings is 3. The minimum absolute atomic E-state index is 0.272. The van der Waals surface area contributed by atoms with Gasteiger partial charge in [-0.15, -0.1) is 0 Å². The van der Waals surface area contributed by atoms with Crippen molar-refractivity contribution in [3.8, 4) is 11.5 Å². The normalized spacial score (nSPS) is 14.0. The van der Waals surface area contributed by atoms with Crippen LogP contribution in [0.3, 0.4) is 0 Å². The zero-order valence-corrected chi connectivity index (χ0v) is 25.3. The number of carbonyl (C=O) groups is 1. The Labute approximate surface area is 254 Å². The summed E-state index contributed by atoms with van der Waals surface area (Å²) in [6.45, 7) is 6.14. The average molecular weight is 584 g/mol. The summed E-state index contributed by atoms with van der Waals surface area (Å²) in [6, 6.07) is 22.3. The number of imidazole rings is 1. The van der Waals surface area contributed by atoms with Crippen LogP contribution >= 0.6 is 0 Å². The lowest BCUT2D eigenvalue weighted by atomic mass is 9.98. The first-order chi connectivity index (χ1) is 21.5. The van der Waals surface area contributed by atoms with Crippen LogP contribution in [0.2, 0.25) is 0 Å². The summed E-state index contributed by atoms with van der Waals surface area (Å²) in [4.78, 5) is 23.1. The van der Waals surface area contributed by atoms with Gasteiger partial charge in [-0.1, -0.05) is 43.2 Å². The highest BCUT2D eigenvalue weighted by Gasteiger charge is 2.32. The van der Waals surface area contributed by atoms with Gasteiger partial charge in [-0.05, 0) is 81.1 Å². The number of ether oxygens (including phenoxy) is 2. The number of fused-ring (bicyclic) bond motifs is 6. The Morgan fingerprint density at radius 3 is 2.41 bits per heavy atom. The van der Waals surface area contributed by atoms with Gasteiger partial charge in [0.15, 0.2) is 0 Å². The van der Waals surface area contributed by atoms with Crippen molar-refractivity contribution in [2.75, 3.05) is 7.11 Å². The van der Waals surface area contributed by atoms with Crippen molar-refractivity contribution in [1.82, 2.24) is 23.9 Å². The van der Waals surface area contributed by atoms with E-state index in [-0.39, 0.29) is 12.0 Å². The highest BCUT2D eigenvalue weighted by molar-refractivity contribution is 6.24. The maximum Gasteiger partial charge on any atom is 0.338 e. The predicted molar refractivity (Wildman–Crippen MR) is 173 cm³/mol. The van der Waals surface area contributed by atoms with Crippen LogP contribution in [-0.2, 0) is 4.74 Å². The van der Waals surface area contributed by atoms with Crippen LogP contribution in [0.4, 0.5) is 0 Å². The number of aromatic nitrogens is 5. The molecule has 0 aliphatic heterocycles. The summed E-state index contributed by atoms with van der Waals surface area (Å²) in [5.41, 5.74) is 7.26. The van der Waals surface area contributed by atoms with E-state index in [1.54, 1.807) is 0 Å². The average Bonchev–Trinajstić information content (AvgIpc) is 3.81. The molecular formula is C36H33N5O3. The van der Waals surface area contributed by atoms with Crippen LogP contribution in [0.5, 0.6) is 11.5 Å². The van der Waals surface area contributed by atoms with E-state index in [2.05, 4.69) is 39.0 Å². The van der Waals surface area contributed by atoms with E-state index < -0.39 is 0 Å². The summed E-state index contributed by atoms with van der Waals surface area (Å²) in [7, 11) is 1.44. The number of nitrogens with zero attached hydrogens (tertiary/aromatic N) is 5. The zero-order chi connectivity index (χ0) is 30.1. The number of rotatable bonds is 5. The van der Waals surface area contributed by atoms with Crippen molar-refractivity contribution < 1.29 is 14.3 Å². The number of hydrogen-bond donors (Lipinski definition) is 0. The smallest absolute Gasteiger partial charge is 0.338 e. The number of carbonyl (C=O) groups excluding carboxylic acids is 1. The first-order valence-corrected chi connectivity index (χ1v) is 15.2. The van der Waals surface area contributed by atoms with Gasteiger partial charge in [-0.2, -0.15) is 0 Å². The zero-order valence-electron chi connectivity index (χ0n) is 25.3. The van der Waals surface area contributed by atoms with Crippen molar-refractivity contribution in [2.45, 2.75) is 52.5 Å². The molecule has 1 aliphatic carbocycles. The van der Waals surface area contributed by atoms with Gasteiger partial charge in [0.25, 0.3) is 0 Å². The first kappa shape index (κ1) is 26.5. The van der Waals surface area contributed by atoms with E-state index >= 15 is 0 Å². The molecule has 8 nitrogen and oxygen atoms in total. The molecule has 3 aromatic carbocycles. The molecule has 4 aromatic heterocycles. The SMILES string of the molecule is COC(=O)c1cc(C)c2c(c1C)c1c3c(Oc4ccccc4)ccnc3n(C3CCCC3)c1n2-n1c(C)nc2ccccc21. The molecule has 1 fully saturated rings. The lowest BCUT2D eigenvalue weighted by Gasteiger charge is -2.20. The van der Waals surface area contributed by atoms with Crippen LogP contribution in [0.25, 0.3) is 44.0 Å². The van der Waals surface area contributed by atoms with Crippen LogP contribution in [0, 0.1) is 20.8 Å². The number of hydrogen-bond acceptors (Lipinski definition) is 5. The highest BCUT2D eigenvalue weighted by Crippen LogP contribution is 2.47. The van der Waals surface area contributed by atoms with Crippen LogP contribution < -0.4 is 4.74 Å². The molecule has 8 rings (SSSR count). The van der Waals surface area contributed by atoms with Crippen molar-refractivity contribution in [2.24, 2.45) is 0 Å². The highest BCUT2D eigenvalue weighted by atomic mass is 16.5. The summed E-state index contributed by atoms with van der Waals surface area (Å²) >= 11 is 0. The van der Waals surface area contributed by atoms with E-state index in [0.717, 1.165) is 85.3 Å². The molecule has 1 saturated carbocycles. The quantitative estimate of drug-likeness (QED) is 0.190. The third kappa shape index (κ3) is 3.73. The van der Waals surface area contributed by atoms with Gasteiger partial charge < -0.3 is 14.0 Å². The number of para-hydroxylation sites is 3. The molecule has 0 saturated heterocycles. The van der Waals surface area contributed by atoms with Gasteiger partial charge in [0.1, 0.15) is 28.6 Å². The van der Waals surface area contributed by atoms with E-state index in [9.17, 15) is 4.79 Å². The van der Waals surface area contributed by atoms with Gasteiger partial charge in [0.2, 0.25) is 0 Å². The second-order valence-corrected chi connectivity index (χ2v) is 11.8.